The maximum atomic E-state index is 12.5. The molecule has 0 saturated heterocycles. The predicted molar refractivity (Wildman–Crippen MR) is 138 cm³/mol. The Morgan fingerprint density at radius 2 is 1.70 bits per heavy atom. The first-order chi connectivity index (χ1) is 17.9. The van der Waals surface area contributed by atoms with E-state index in [-0.39, 0.29) is 6.61 Å². The minimum atomic E-state index is -0.732. The average Bonchev–Trinajstić information content (AvgIpc) is 3.66. The summed E-state index contributed by atoms with van der Waals surface area (Å²) in [5.41, 5.74) is 7.60. The fourth-order valence-electron chi connectivity index (χ4n) is 5.16. The van der Waals surface area contributed by atoms with E-state index in [9.17, 15) is 14.7 Å². The molecule has 2 N–H and O–H groups in total. The first-order valence-corrected chi connectivity index (χ1v) is 12.4. The number of nitrogens with one attached hydrogen (secondary N) is 1. The normalized spacial score (nSPS) is 14.8. The quantitative estimate of drug-likeness (QED) is 0.327. The summed E-state index contributed by atoms with van der Waals surface area (Å²) in [5, 5.41) is 16.5. The molecule has 0 spiro atoms. The Morgan fingerprint density at radius 3 is 2.41 bits per heavy atom. The van der Waals surface area contributed by atoms with Crippen LogP contribution in [0.5, 0.6) is 0 Å². The topological polar surface area (TPSA) is 102 Å². The second-order valence-corrected chi connectivity index (χ2v) is 9.79. The monoisotopic (exact) mass is 494 g/mol. The van der Waals surface area contributed by atoms with Crippen molar-refractivity contribution in [1.82, 2.24) is 5.16 Å². The molecular formula is C30H26N2O5. The van der Waals surface area contributed by atoms with E-state index in [1.54, 1.807) is 6.92 Å². The second kappa shape index (κ2) is 8.92. The van der Waals surface area contributed by atoms with Crippen molar-refractivity contribution >= 4 is 17.7 Å². The zero-order valence-corrected chi connectivity index (χ0v) is 20.4. The Hall–Kier alpha value is -4.39. The summed E-state index contributed by atoms with van der Waals surface area (Å²) in [6, 6.07) is 21.7. The fourth-order valence-corrected chi connectivity index (χ4v) is 5.16. The molecule has 7 heteroatoms. The maximum absolute atomic E-state index is 12.5. The van der Waals surface area contributed by atoms with Gasteiger partial charge in [0.25, 0.3) is 0 Å². The molecule has 3 aromatic carbocycles. The zero-order chi connectivity index (χ0) is 25.6. The minimum Gasteiger partial charge on any atom is -0.481 e. The highest BCUT2D eigenvalue weighted by molar-refractivity contribution is 5.91. The molecule has 186 valence electrons. The van der Waals surface area contributed by atoms with Gasteiger partial charge in [0, 0.05) is 5.56 Å². The van der Waals surface area contributed by atoms with Crippen LogP contribution in [-0.2, 0) is 34.4 Å². The number of ether oxygens (including phenoxy) is 1. The van der Waals surface area contributed by atoms with E-state index in [1.165, 1.54) is 11.1 Å². The molecule has 0 radical (unpaired) electrons. The van der Waals surface area contributed by atoms with E-state index < -0.39 is 17.5 Å². The highest BCUT2D eigenvalue weighted by Gasteiger charge is 2.51. The molecule has 7 nitrogen and oxygen atoms in total. The molecule has 0 bridgehead atoms. The molecule has 1 fully saturated rings. The van der Waals surface area contributed by atoms with Crippen molar-refractivity contribution in [3.05, 3.63) is 94.7 Å². The van der Waals surface area contributed by atoms with Crippen molar-refractivity contribution in [3.8, 4) is 22.5 Å². The molecule has 0 atom stereocenters. The molecule has 2 aliphatic carbocycles. The standard InChI is InChI=1S/C30H26N2O5/c1-18-26(31-29(35)36-17-19-5-3-2-4-6-19)27(37-32-18)22-9-11-24-20(15-22)7-8-21-16-23(10-12-25(21)24)30(13-14-30)28(33)34/h2-6,9-12,15-16H,7-8,13-14,17H2,1H3,(H,31,35)(H,33,34). The smallest absolute Gasteiger partial charge is 0.412 e. The van der Waals surface area contributed by atoms with Gasteiger partial charge in [-0.15, -0.1) is 0 Å². The van der Waals surface area contributed by atoms with Gasteiger partial charge in [-0.2, -0.15) is 0 Å². The van der Waals surface area contributed by atoms with E-state index >= 15 is 0 Å². The summed E-state index contributed by atoms with van der Waals surface area (Å²) in [5.74, 6) is -0.251. The molecule has 2 aliphatic rings. The Bertz CT molecular complexity index is 1520. The molecule has 4 aromatic rings. The number of rotatable bonds is 6. The Kier molecular flexibility index (Phi) is 5.56. The van der Waals surface area contributed by atoms with Crippen LogP contribution in [-0.4, -0.2) is 22.3 Å². The summed E-state index contributed by atoms with van der Waals surface area (Å²) in [7, 11) is 0. The number of hydrogen-bond donors (Lipinski definition) is 2. The van der Waals surface area contributed by atoms with Crippen molar-refractivity contribution in [3.63, 3.8) is 0 Å². The summed E-state index contributed by atoms with van der Waals surface area (Å²) >= 11 is 0. The van der Waals surface area contributed by atoms with Crippen LogP contribution < -0.4 is 5.32 Å². The van der Waals surface area contributed by atoms with Crippen LogP contribution in [0.2, 0.25) is 0 Å². The number of carboxylic acids is 1. The van der Waals surface area contributed by atoms with E-state index in [0.717, 1.165) is 40.7 Å². The van der Waals surface area contributed by atoms with Gasteiger partial charge >= 0.3 is 12.1 Å². The lowest BCUT2D eigenvalue weighted by atomic mass is 9.82. The van der Waals surface area contributed by atoms with Crippen LogP contribution in [0, 0.1) is 6.92 Å². The Morgan fingerprint density at radius 1 is 1.00 bits per heavy atom. The number of carbonyl (C=O) groups is 2. The molecular weight excluding hydrogens is 468 g/mol. The summed E-state index contributed by atoms with van der Waals surface area (Å²) in [6.45, 7) is 1.94. The molecule has 1 amide bonds. The lowest BCUT2D eigenvalue weighted by Crippen LogP contribution is -2.20. The number of aromatic nitrogens is 1. The summed E-state index contributed by atoms with van der Waals surface area (Å²) < 4.78 is 11.0. The van der Waals surface area contributed by atoms with Crippen molar-refractivity contribution in [2.75, 3.05) is 5.32 Å². The van der Waals surface area contributed by atoms with Crippen LogP contribution in [0.15, 0.2) is 71.3 Å². The fraction of sp³-hybridized carbons (Fsp3) is 0.233. The number of amides is 1. The number of carbonyl (C=O) groups excluding carboxylic acids is 1. The number of benzene rings is 3. The third-order valence-electron chi connectivity index (χ3n) is 7.44. The predicted octanol–water partition coefficient (Wildman–Crippen LogP) is 6.28. The van der Waals surface area contributed by atoms with Crippen LogP contribution in [0.25, 0.3) is 22.5 Å². The molecule has 6 rings (SSSR count). The minimum absolute atomic E-state index is 0.167. The molecule has 1 heterocycles. The van der Waals surface area contributed by atoms with Gasteiger partial charge in [-0.1, -0.05) is 65.8 Å². The first-order valence-electron chi connectivity index (χ1n) is 12.4. The van der Waals surface area contributed by atoms with Gasteiger partial charge in [-0.3, -0.25) is 10.1 Å². The van der Waals surface area contributed by atoms with E-state index in [1.807, 2.05) is 42.5 Å². The maximum Gasteiger partial charge on any atom is 0.412 e. The highest BCUT2D eigenvalue weighted by Crippen LogP contribution is 2.50. The zero-order valence-electron chi connectivity index (χ0n) is 20.4. The number of fused-ring (bicyclic) bond motifs is 3. The van der Waals surface area contributed by atoms with Crippen LogP contribution in [0.1, 0.15) is 40.8 Å². The lowest BCUT2D eigenvalue weighted by molar-refractivity contribution is -0.140. The van der Waals surface area contributed by atoms with Gasteiger partial charge in [0.15, 0.2) is 5.76 Å². The Balaban J connectivity index is 1.24. The lowest BCUT2D eigenvalue weighted by Gasteiger charge is -2.22. The van der Waals surface area contributed by atoms with Gasteiger partial charge in [-0.05, 0) is 72.1 Å². The molecule has 1 saturated carbocycles. The van der Waals surface area contributed by atoms with Gasteiger partial charge in [-0.25, -0.2) is 4.79 Å². The van der Waals surface area contributed by atoms with Crippen molar-refractivity contribution in [2.24, 2.45) is 0 Å². The molecule has 37 heavy (non-hydrogen) atoms. The van der Waals surface area contributed by atoms with E-state index in [4.69, 9.17) is 9.26 Å². The summed E-state index contributed by atoms with van der Waals surface area (Å²) in [4.78, 5) is 24.3. The SMILES string of the molecule is Cc1noc(-c2ccc3c(c2)CCc2cc(C4(C(=O)O)CC4)ccc2-3)c1NC(=O)OCc1ccccc1. The third kappa shape index (κ3) is 4.16. The van der Waals surface area contributed by atoms with Crippen molar-refractivity contribution < 1.29 is 24.0 Å². The number of aliphatic carboxylic acids is 1. The number of hydrogen-bond acceptors (Lipinski definition) is 5. The van der Waals surface area contributed by atoms with Crippen molar-refractivity contribution in [2.45, 2.75) is 44.6 Å². The Labute approximate surface area is 214 Å². The van der Waals surface area contributed by atoms with E-state index in [0.29, 0.717) is 30.0 Å². The highest BCUT2D eigenvalue weighted by atomic mass is 16.5. The summed E-state index contributed by atoms with van der Waals surface area (Å²) in [6.07, 6.45) is 2.49. The van der Waals surface area contributed by atoms with Gasteiger partial charge in [0.05, 0.1) is 5.41 Å². The van der Waals surface area contributed by atoms with Crippen molar-refractivity contribution in [1.29, 1.82) is 0 Å². The van der Waals surface area contributed by atoms with Gasteiger partial charge < -0.3 is 14.4 Å². The average molecular weight is 495 g/mol. The van der Waals surface area contributed by atoms with Gasteiger partial charge in [0.1, 0.15) is 18.0 Å². The van der Waals surface area contributed by atoms with Crippen LogP contribution >= 0.6 is 0 Å². The van der Waals surface area contributed by atoms with Gasteiger partial charge in [0.2, 0.25) is 0 Å². The number of carboxylic acid groups (broad SMARTS) is 1. The number of anilines is 1. The molecule has 0 aliphatic heterocycles. The first kappa shape index (κ1) is 23.0. The number of nitrogens with zero attached hydrogens (tertiary/aromatic N) is 1. The van der Waals surface area contributed by atoms with Crippen LogP contribution in [0.3, 0.4) is 0 Å². The second-order valence-electron chi connectivity index (χ2n) is 9.79. The van der Waals surface area contributed by atoms with Crippen LogP contribution in [0.4, 0.5) is 10.5 Å². The number of aryl methyl sites for hydroxylation is 3. The largest absolute Gasteiger partial charge is 0.481 e. The molecule has 0 unspecified atom stereocenters. The molecule has 1 aromatic heterocycles. The third-order valence-corrected chi connectivity index (χ3v) is 7.44. The van der Waals surface area contributed by atoms with E-state index in [2.05, 4.69) is 34.7 Å².